The van der Waals surface area contributed by atoms with E-state index in [-0.39, 0.29) is 16.8 Å². The Morgan fingerprint density at radius 1 is 1.06 bits per heavy atom. The second-order valence-corrected chi connectivity index (χ2v) is 6.78. The quantitative estimate of drug-likeness (QED) is 0.435. The summed E-state index contributed by atoms with van der Waals surface area (Å²) in [5.41, 5.74) is 3.93. The molecule has 2 N–H and O–H groups in total. The van der Waals surface area contributed by atoms with Crippen LogP contribution in [0.1, 0.15) is 29.4 Å². The molecule has 0 bridgehead atoms. The van der Waals surface area contributed by atoms with E-state index in [2.05, 4.69) is 20.7 Å². The SMILES string of the molecule is CCCn1nc(C(=O)NNC(=O)/C=C/c2ccccc2OC(F)(F)F)c2ccccc2c1=O. The highest BCUT2D eigenvalue weighted by molar-refractivity contribution is 6.05. The Balaban J connectivity index is 1.75. The average molecular weight is 460 g/mol. The third kappa shape index (κ3) is 5.97. The molecule has 0 aliphatic heterocycles. The second-order valence-electron chi connectivity index (χ2n) is 6.78. The number of rotatable bonds is 6. The number of para-hydroxylation sites is 1. The van der Waals surface area contributed by atoms with Crippen LogP contribution in [0.2, 0.25) is 0 Å². The molecule has 172 valence electrons. The molecule has 3 aromatic rings. The fourth-order valence-corrected chi connectivity index (χ4v) is 2.99. The molecule has 0 radical (unpaired) electrons. The maximum Gasteiger partial charge on any atom is 0.573 e. The number of alkyl halides is 3. The van der Waals surface area contributed by atoms with Crippen molar-refractivity contribution in [3.05, 3.63) is 76.2 Å². The molecule has 0 unspecified atom stereocenters. The highest BCUT2D eigenvalue weighted by Gasteiger charge is 2.31. The summed E-state index contributed by atoms with van der Waals surface area (Å²) in [5, 5.41) is 4.73. The molecular formula is C22H19F3N4O4. The zero-order valence-electron chi connectivity index (χ0n) is 17.3. The van der Waals surface area contributed by atoms with Gasteiger partial charge in [-0.2, -0.15) is 5.10 Å². The van der Waals surface area contributed by atoms with Crippen molar-refractivity contribution in [3.8, 4) is 5.75 Å². The third-order valence-electron chi connectivity index (χ3n) is 4.38. The summed E-state index contributed by atoms with van der Waals surface area (Å²) >= 11 is 0. The van der Waals surface area contributed by atoms with Gasteiger partial charge in [-0.25, -0.2) is 4.68 Å². The van der Waals surface area contributed by atoms with Gasteiger partial charge in [0.05, 0.1) is 5.39 Å². The van der Waals surface area contributed by atoms with E-state index in [1.54, 1.807) is 24.3 Å². The van der Waals surface area contributed by atoms with E-state index in [4.69, 9.17) is 0 Å². The van der Waals surface area contributed by atoms with E-state index < -0.39 is 23.9 Å². The van der Waals surface area contributed by atoms with Gasteiger partial charge < -0.3 is 4.74 Å². The zero-order valence-corrected chi connectivity index (χ0v) is 17.3. The van der Waals surface area contributed by atoms with Crippen LogP contribution in [-0.2, 0) is 11.3 Å². The number of amides is 2. The minimum atomic E-state index is -4.88. The molecule has 1 heterocycles. The maximum atomic E-state index is 12.6. The normalized spacial score (nSPS) is 11.5. The number of benzene rings is 2. The fourth-order valence-electron chi connectivity index (χ4n) is 2.99. The molecule has 2 amide bonds. The first kappa shape index (κ1) is 23.5. The van der Waals surface area contributed by atoms with Gasteiger partial charge in [-0.1, -0.05) is 43.3 Å². The van der Waals surface area contributed by atoms with Crippen LogP contribution in [0.4, 0.5) is 13.2 Å². The minimum Gasteiger partial charge on any atom is -0.405 e. The molecule has 0 saturated heterocycles. The first-order chi connectivity index (χ1) is 15.7. The topological polar surface area (TPSA) is 102 Å². The van der Waals surface area contributed by atoms with Crippen molar-refractivity contribution in [1.82, 2.24) is 20.6 Å². The Labute approximate surface area is 185 Å². The Morgan fingerprint density at radius 2 is 1.73 bits per heavy atom. The lowest BCUT2D eigenvalue weighted by Gasteiger charge is -2.11. The Morgan fingerprint density at radius 3 is 2.42 bits per heavy atom. The molecule has 2 aromatic carbocycles. The average Bonchev–Trinajstić information content (AvgIpc) is 2.78. The molecule has 0 spiro atoms. The molecule has 0 atom stereocenters. The van der Waals surface area contributed by atoms with Crippen molar-refractivity contribution in [2.24, 2.45) is 0 Å². The van der Waals surface area contributed by atoms with Gasteiger partial charge in [-0.05, 0) is 24.6 Å². The lowest BCUT2D eigenvalue weighted by Crippen LogP contribution is -2.42. The predicted molar refractivity (Wildman–Crippen MR) is 114 cm³/mol. The highest BCUT2D eigenvalue weighted by atomic mass is 19.4. The maximum absolute atomic E-state index is 12.6. The summed E-state index contributed by atoms with van der Waals surface area (Å²) in [4.78, 5) is 37.2. The Bertz CT molecular complexity index is 1270. The summed E-state index contributed by atoms with van der Waals surface area (Å²) in [6.45, 7) is 2.16. The van der Waals surface area contributed by atoms with Gasteiger partial charge in [-0.3, -0.25) is 25.2 Å². The number of nitrogens with zero attached hydrogens (tertiary/aromatic N) is 2. The van der Waals surface area contributed by atoms with Crippen molar-refractivity contribution < 1.29 is 27.5 Å². The van der Waals surface area contributed by atoms with Crippen molar-refractivity contribution in [2.75, 3.05) is 0 Å². The van der Waals surface area contributed by atoms with E-state index in [1.165, 1.54) is 22.9 Å². The summed E-state index contributed by atoms with van der Waals surface area (Å²) in [6.07, 6.45) is -2.22. The van der Waals surface area contributed by atoms with E-state index in [9.17, 15) is 27.6 Å². The lowest BCUT2D eigenvalue weighted by molar-refractivity contribution is -0.274. The van der Waals surface area contributed by atoms with Crippen LogP contribution in [0, 0.1) is 0 Å². The van der Waals surface area contributed by atoms with Crippen LogP contribution < -0.4 is 21.1 Å². The first-order valence-corrected chi connectivity index (χ1v) is 9.82. The number of hydrazine groups is 1. The molecule has 33 heavy (non-hydrogen) atoms. The molecular weight excluding hydrogens is 441 g/mol. The van der Waals surface area contributed by atoms with Crippen LogP contribution in [0.15, 0.2) is 59.4 Å². The van der Waals surface area contributed by atoms with Crippen molar-refractivity contribution in [3.63, 3.8) is 0 Å². The van der Waals surface area contributed by atoms with Gasteiger partial charge in [0.25, 0.3) is 17.4 Å². The first-order valence-electron chi connectivity index (χ1n) is 9.82. The van der Waals surface area contributed by atoms with E-state index >= 15 is 0 Å². The predicted octanol–water partition coefficient (Wildman–Crippen LogP) is 3.18. The molecule has 1 aromatic heterocycles. The van der Waals surface area contributed by atoms with E-state index in [0.29, 0.717) is 23.7 Å². The number of fused-ring (bicyclic) bond motifs is 1. The number of carbonyl (C=O) groups excluding carboxylic acids is 2. The Hall–Kier alpha value is -4.15. The zero-order chi connectivity index (χ0) is 24.0. The van der Waals surface area contributed by atoms with E-state index in [0.717, 1.165) is 18.2 Å². The number of hydrogen-bond acceptors (Lipinski definition) is 5. The van der Waals surface area contributed by atoms with Gasteiger partial charge in [0.15, 0.2) is 5.69 Å². The van der Waals surface area contributed by atoms with Crippen LogP contribution in [0.5, 0.6) is 5.75 Å². The van der Waals surface area contributed by atoms with Gasteiger partial charge in [0.1, 0.15) is 5.75 Å². The van der Waals surface area contributed by atoms with Crippen LogP contribution >= 0.6 is 0 Å². The van der Waals surface area contributed by atoms with Crippen molar-refractivity contribution >= 4 is 28.7 Å². The van der Waals surface area contributed by atoms with Crippen molar-refractivity contribution in [1.29, 1.82) is 0 Å². The molecule has 3 rings (SSSR count). The van der Waals surface area contributed by atoms with Gasteiger partial charge in [-0.15, -0.1) is 13.2 Å². The number of aryl methyl sites for hydroxylation is 1. The molecule has 0 fully saturated rings. The van der Waals surface area contributed by atoms with Crippen LogP contribution in [0.25, 0.3) is 16.8 Å². The third-order valence-corrected chi connectivity index (χ3v) is 4.38. The monoisotopic (exact) mass is 460 g/mol. The van der Waals surface area contributed by atoms with Gasteiger partial charge in [0.2, 0.25) is 0 Å². The van der Waals surface area contributed by atoms with Crippen LogP contribution in [0.3, 0.4) is 0 Å². The molecule has 0 saturated carbocycles. The number of ether oxygens (including phenoxy) is 1. The lowest BCUT2D eigenvalue weighted by atomic mass is 10.1. The number of halogens is 3. The van der Waals surface area contributed by atoms with Gasteiger partial charge >= 0.3 is 6.36 Å². The van der Waals surface area contributed by atoms with Gasteiger partial charge in [0, 0.05) is 23.6 Å². The largest absolute Gasteiger partial charge is 0.573 e. The highest BCUT2D eigenvalue weighted by Crippen LogP contribution is 2.26. The smallest absolute Gasteiger partial charge is 0.405 e. The number of carbonyl (C=O) groups is 2. The summed E-state index contributed by atoms with van der Waals surface area (Å²) in [5.74, 6) is -2.05. The summed E-state index contributed by atoms with van der Waals surface area (Å²) < 4.78 is 42.6. The number of nitrogens with one attached hydrogen (secondary N) is 2. The standard InChI is InChI=1S/C22H19F3N4O4/c1-2-13-29-21(32)16-9-5-4-8-15(16)19(28-29)20(31)27-26-18(30)12-11-14-7-3-6-10-17(14)33-22(23,24)25/h3-12H,2,13H2,1H3,(H,26,30)(H,27,31)/b12-11+. The van der Waals surface area contributed by atoms with Crippen molar-refractivity contribution in [2.45, 2.75) is 26.3 Å². The summed E-state index contributed by atoms with van der Waals surface area (Å²) in [6, 6.07) is 11.7. The minimum absolute atomic E-state index is 0.00982. The van der Waals surface area contributed by atoms with Crippen LogP contribution in [-0.4, -0.2) is 28.0 Å². The number of aromatic nitrogens is 2. The molecule has 0 aliphatic rings. The molecule has 0 aliphatic carbocycles. The second kappa shape index (κ2) is 9.98. The summed E-state index contributed by atoms with van der Waals surface area (Å²) in [7, 11) is 0. The molecule has 11 heteroatoms. The number of hydrogen-bond donors (Lipinski definition) is 2. The Kier molecular flexibility index (Phi) is 7.11. The molecule has 8 nitrogen and oxygen atoms in total. The van der Waals surface area contributed by atoms with E-state index in [1.807, 2.05) is 6.92 Å². The fraction of sp³-hybridized carbons (Fsp3) is 0.182.